The van der Waals surface area contributed by atoms with Gasteiger partial charge in [-0.2, -0.15) is 0 Å². The summed E-state index contributed by atoms with van der Waals surface area (Å²) in [6.45, 7) is 0. The van der Waals surface area contributed by atoms with Crippen molar-refractivity contribution < 1.29 is 0 Å². The molecule has 0 atom stereocenters. The summed E-state index contributed by atoms with van der Waals surface area (Å²) in [5.41, 5.74) is 14.8. The van der Waals surface area contributed by atoms with Gasteiger partial charge in [0.1, 0.15) is 0 Å². The zero-order valence-corrected chi connectivity index (χ0v) is 36.3. The van der Waals surface area contributed by atoms with Crippen LogP contribution in [0.5, 0.6) is 0 Å². The zero-order valence-electron chi connectivity index (χ0n) is 36.3. The summed E-state index contributed by atoms with van der Waals surface area (Å²) in [6, 6.07) is 84.1. The molecule has 0 amide bonds. The fourth-order valence-corrected chi connectivity index (χ4v) is 8.97. The molecule has 9 aromatic carbocycles. The monoisotopic (exact) mass is 856 g/mol. The molecule has 0 fully saturated rings. The van der Waals surface area contributed by atoms with E-state index in [0.29, 0.717) is 23.3 Å². The molecule has 3 heterocycles. The summed E-state index contributed by atoms with van der Waals surface area (Å²) in [7, 11) is 0. The van der Waals surface area contributed by atoms with Crippen molar-refractivity contribution in [3.63, 3.8) is 0 Å². The number of fused-ring (bicyclic) bond motifs is 3. The van der Waals surface area contributed by atoms with Crippen LogP contribution >= 0.6 is 0 Å². The average Bonchev–Trinajstić information content (AvgIpc) is 3.74. The van der Waals surface area contributed by atoms with E-state index in [4.69, 9.17) is 24.9 Å². The van der Waals surface area contributed by atoms with Crippen LogP contribution in [0.1, 0.15) is 0 Å². The number of hydrogen-bond acceptors (Lipinski definition) is 5. The Morgan fingerprint density at radius 3 is 1.04 bits per heavy atom. The largest absolute Gasteiger partial charge is 0.308 e. The van der Waals surface area contributed by atoms with Crippen LogP contribution in [-0.4, -0.2) is 29.5 Å². The minimum Gasteiger partial charge on any atom is -0.308 e. The summed E-state index contributed by atoms with van der Waals surface area (Å²) in [4.78, 5) is 26.1. The van der Waals surface area contributed by atoms with Gasteiger partial charge in [-0.3, -0.25) is 0 Å². The molecule has 0 spiro atoms. The Morgan fingerprint density at radius 1 is 0.239 bits per heavy atom. The minimum atomic E-state index is 0.544. The summed E-state index contributed by atoms with van der Waals surface area (Å²) < 4.78 is 2.37. The fourth-order valence-electron chi connectivity index (χ4n) is 8.97. The van der Waals surface area contributed by atoms with Gasteiger partial charge in [0.05, 0.1) is 28.1 Å². The van der Waals surface area contributed by atoms with E-state index in [1.807, 2.05) is 97.1 Å². The molecule has 0 aliphatic carbocycles. The van der Waals surface area contributed by atoms with Crippen molar-refractivity contribution in [2.45, 2.75) is 0 Å². The van der Waals surface area contributed by atoms with Gasteiger partial charge in [0.25, 0.3) is 0 Å². The number of aromatic nitrogens is 6. The minimum absolute atomic E-state index is 0.544. The van der Waals surface area contributed by atoms with Gasteiger partial charge in [0.15, 0.2) is 23.3 Å². The van der Waals surface area contributed by atoms with E-state index >= 15 is 0 Å². The van der Waals surface area contributed by atoms with Crippen molar-refractivity contribution in [3.05, 3.63) is 243 Å². The van der Waals surface area contributed by atoms with E-state index in [-0.39, 0.29) is 0 Å². The third-order valence-corrected chi connectivity index (χ3v) is 12.3. The Hall–Kier alpha value is -9.13. The van der Waals surface area contributed by atoms with Gasteiger partial charge in [-0.05, 0) is 64.7 Å². The van der Waals surface area contributed by atoms with Gasteiger partial charge in [-0.1, -0.05) is 200 Å². The van der Waals surface area contributed by atoms with Crippen LogP contribution in [0.25, 0.3) is 118 Å². The normalized spacial score (nSPS) is 11.3. The predicted octanol–water partition coefficient (Wildman–Crippen LogP) is 15.1. The van der Waals surface area contributed by atoms with Crippen LogP contribution < -0.4 is 0 Å². The first-order chi connectivity index (χ1) is 33.2. The first-order valence-electron chi connectivity index (χ1n) is 22.4. The van der Waals surface area contributed by atoms with E-state index in [1.54, 1.807) is 0 Å². The second-order valence-electron chi connectivity index (χ2n) is 16.5. The van der Waals surface area contributed by atoms with Crippen LogP contribution in [0.2, 0.25) is 0 Å². The quantitative estimate of drug-likeness (QED) is 0.145. The van der Waals surface area contributed by atoms with Crippen LogP contribution in [0.3, 0.4) is 0 Å². The molecular weight excluding hydrogens is 817 g/mol. The predicted molar refractivity (Wildman–Crippen MR) is 273 cm³/mol. The Labute approximate surface area is 388 Å². The molecule has 0 aliphatic rings. The smallest absolute Gasteiger partial charge is 0.166 e. The van der Waals surface area contributed by atoms with Crippen molar-refractivity contribution in [1.82, 2.24) is 29.5 Å². The molecular formula is C61H40N6. The number of nitrogens with zero attached hydrogens (tertiary/aromatic N) is 6. The van der Waals surface area contributed by atoms with E-state index in [0.717, 1.165) is 94.5 Å². The lowest BCUT2D eigenvalue weighted by molar-refractivity contribution is 1.06. The molecule has 6 heteroatoms. The Morgan fingerprint density at radius 2 is 0.597 bits per heavy atom. The number of hydrogen-bond donors (Lipinski definition) is 0. The standard InChI is InChI=1S/C61H40N6/c1-7-19-41(20-8-1)47-31-34-55-50(37-47)51-38-48(42-21-9-2-10-22-42)32-35-56(51)67(55)57-36-33-49(54-40-53(43-23-11-3-12-24-43)62-58(63-54)44-25-13-4-14-26-44)39-52(57)61-65-59(45-27-15-5-16-28-45)64-60(66-61)46-29-17-6-18-30-46/h1-40H. The highest BCUT2D eigenvalue weighted by molar-refractivity contribution is 6.12. The van der Waals surface area contributed by atoms with Crippen molar-refractivity contribution in [3.8, 4) is 96.0 Å². The summed E-state index contributed by atoms with van der Waals surface area (Å²) in [5, 5.41) is 2.29. The van der Waals surface area contributed by atoms with E-state index in [9.17, 15) is 0 Å². The molecule has 12 aromatic rings. The summed E-state index contributed by atoms with van der Waals surface area (Å²) in [5.74, 6) is 2.36. The molecule has 0 bridgehead atoms. The van der Waals surface area contributed by atoms with E-state index in [2.05, 4.69) is 150 Å². The molecule has 0 saturated heterocycles. The molecule has 0 aliphatic heterocycles. The molecule has 0 unspecified atom stereocenters. The molecule has 67 heavy (non-hydrogen) atoms. The number of rotatable bonds is 9. The Kier molecular flexibility index (Phi) is 10.1. The van der Waals surface area contributed by atoms with Crippen molar-refractivity contribution >= 4 is 21.8 Å². The van der Waals surface area contributed by atoms with Crippen molar-refractivity contribution in [2.75, 3.05) is 0 Å². The highest BCUT2D eigenvalue weighted by Gasteiger charge is 2.22. The van der Waals surface area contributed by atoms with Gasteiger partial charge < -0.3 is 4.57 Å². The molecule has 0 N–H and O–H groups in total. The lowest BCUT2D eigenvalue weighted by Crippen LogP contribution is -2.04. The third-order valence-electron chi connectivity index (χ3n) is 12.3. The molecule has 6 nitrogen and oxygen atoms in total. The fraction of sp³-hybridized carbons (Fsp3) is 0. The second kappa shape index (κ2) is 17.1. The van der Waals surface area contributed by atoms with Gasteiger partial charge in [0.2, 0.25) is 0 Å². The molecule has 314 valence electrons. The maximum Gasteiger partial charge on any atom is 0.166 e. The SMILES string of the molecule is c1ccc(-c2ccc3c(c2)c2cc(-c4ccccc4)ccc2n3-c2ccc(-c3cc(-c4ccccc4)nc(-c4ccccc4)n3)cc2-c2nc(-c3ccccc3)nc(-c3ccccc3)n2)cc1. The van der Waals surface area contributed by atoms with Crippen LogP contribution in [0.15, 0.2) is 243 Å². The van der Waals surface area contributed by atoms with Crippen LogP contribution in [0.4, 0.5) is 0 Å². The Bertz CT molecular complexity index is 3500. The maximum atomic E-state index is 5.33. The lowest BCUT2D eigenvalue weighted by Gasteiger charge is -2.17. The lowest BCUT2D eigenvalue weighted by atomic mass is 10.0. The molecule has 0 radical (unpaired) electrons. The van der Waals surface area contributed by atoms with Crippen LogP contribution in [-0.2, 0) is 0 Å². The van der Waals surface area contributed by atoms with Gasteiger partial charge in [0, 0.05) is 44.2 Å². The summed E-state index contributed by atoms with van der Waals surface area (Å²) in [6.07, 6.45) is 0. The first-order valence-corrected chi connectivity index (χ1v) is 22.4. The van der Waals surface area contributed by atoms with Gasteiger partial charge in [-0.15, -0.1) is 0 Å². The highest BCUT2D eigenvalue weighted by Crippen LogP contribution is 2.41. The van der Waals surface area contributed by atoms with Crippen molar-refractivity contribution in [2.24, 2.45) is 0 Å². The molecule has 0 saturated carbocycles. The average molecular weight is 857 g/mol. The van der Waals surface area contributed by atoms with E-state index in [1.165, 1.54) is 0 Å². The second-order valence-corrected chi connectivity index (χ2v) is 16.5. The zero-order chi connectivity index (χ0) is 44.5. The third kappa shape index (κ3) is 7.62. The number of benzene rings is 9. The topological polar surface area (TPSA) is 69.4 Å². The first kappa shape index (κ1) is 39.5. The molecule has 3 aromatic heterocycles. The Balaban J connectivity index is 1.15. The van der Waals surface area contributed by atoms with Gasteiger partial charge in [-0.25, -0.2) is 24.9 Å². The van der Waals surface area contributed by atoms with Gasteiger partial charge >= 0.3 is 0 Å². The highest BCUT2D eigenvalue weighted by atomic mass is 15.1. The summed E-state index contributed by atoms with van der Waals surface area (Å²) >= 11 is 0. The molecule has 12 rings (SSSR count). The van der Waals surface area contributed by atoms with E-state index < -0.39 is 0 Å². The van der Waals surface area contributed by atoms with Crippen LogP contribution in [0, 0.1) is 0 Å². The maximum absolute atomic E-state index is 5.33. The van der Waals surface area contributed by atoms with Crippen molar-refractivity contribution in [1.29, 1.82) is 0 Å².